The monoisotopic (exact) mass is 464 g/mol. The second-order valence-electron chi connectivity index (χ2n) is 6.33. The van der Waals surface area contributed by atoms with E-state index in [1.54, 1.807) is 10.6 Å². The molecule has 0 saturated carbocycles. The van der Waals surface area contributed by atoms with Gasteiger partial charge < -0.3 is 20.1 Å². The summed E-state index contributed by atoms with van der Waals surface area (Å²) in [6, 6.07) is 8.31. The molecule has 0 fully saturated rings. The normalized spacial score (nSPS) is 13.6. The predicted octanol–water partition coefficient (Wildman–Crippen LogP) is 4.38. The quantitative estimate of drug-likeness (QED) is 0.362. The summed E-state index contributed by atoms with van der Waals surface area (Å²) in [5, 5.41) is 3.24. The molecule has 1 unspecified atom stereocenters. The molecule has 0 aliphatic heterocycles. The smallest absolute Gasteiger partial charge is 0.441 e. The Kier molecular flexibility index (Phi) is 7.27. The summed E-state index contributed by atoms with van der Waals surface area (Å²) in [4.78, 5) is 25.0. The lowest BCUT2D eigenvalue weighted by Crippen LogP contribution is -2.69. The van der Waals surface area contributed by atoms with E-state index in [1.807, 2.05) is 0 Å². The van der Waals surface area contributed by atoms with Crippen molar-refractivity contribution in [1.29, 1.82) is 0 Å². The average molecular weight is 464 g/mol. The highest BCUT2D eigenvalue weighted by atomic mass is 19.4. The number of esters is 1. The second-order valence-corrected chi connectivity index (χ2v) is 6.33. The lowest BCUT2D eigenvalue weighted by atomic mass is 10.1. The van der Waals surface area contributed by atoms with Crippen molar-refractivity contribution >= 4 is 17.6 Å². The number of nitrogens with one attached hydrogen (secondary N) is 2. The van der Waals surface area contributed by atoms with Gasteiger partial charge in [0.2, 0.25) is 0 Å². The molecule has 0 saturated heterocycles. The number of alkyl halides is 6. The van der Waals surface area contributed by atoms with Crippen LogP contribution in [0.1, 0.15) is 22.8 Å². The van der Waals surface area contributed by atoms with Crippen LogP contribution in [0, 0.1) is 0 Å². The molecule has 0 aromatic heterocycles. The zero-order chi connectivity index (χ0) is 24.2. The highest BCUT2D eigenvalue weighted by Gasteiger charge is 2.64. The van der Waals surface area contributed by atoms with Crippen molar-refractivity contribution in [3.8, 4) is 5.75 Å². The number of carbonyl (C=O) groups is 2. The number of hydrogen-bond donors (Lipinski definition) is 2. The van der Waals surface area contributed by atoms with Gasteiger partial charge in [0.25, 0.3) is 5.91 Å². The number of amides is 1. The van der Waals surface area contributed by atoms with Crippen molar-refractivity contribution in [3.63, 3.8) is 0 Å². The Balaban J connectivity index is 2.65. The molecule has 0 bridgehead atoms. The van der Waals surface area contributed by atoms with E-state index in [-0.39, 0.29) is 5.56 Å². The number of hydrogen-bond acceptors (Lipinski definition) is 5. The van der Waals surface area contributed by atoms with Crippen molar-refractivity contribution in [3.05, 3.63) is 59.7 Å². The van der Waals surface area contributed by atoms with E-state index in [2.05, 4.69) is 4.74 Å². The molecule has 0 aliphatic carbocycles. The van der Waals surface area contributed by atoms with E-state index < -0.39 is 53.5 Å². The fraction of sp³-hybridized carbons (Fsp3) is 0.300. The van der Waals surface area contributed by atoms with E-state index >= 15 is 0 Å². The molecule has 32 heavy (non-hydrogen) atoms. The van der Waals surface area contributed by atoms with Crippen LogP contribution in [0.15, 0.2) is 48.5 Å². The van der Waals surface area contributed by atoms with Crippen LogP contribution in [-0.2, 0) is 15.7 Å². The summed E-state index contributed by atoms with van der Waals surface area (Å²) < 4.78 is 91.5. The molecule has 2 aromatic carbocycles. The summed E-state index contributed by atoms with van der Waals surface area (Å²) >= 11 is 0. The number of halogens is 6. The summed E-state index contributed by atoms with van der Waals surface area (Å²) in [5.74, 6) is -3.74. The molecule has 2 aromatic rings. The lowest BCUT2D eigenvalue weighted by Gasteiger charge is -2.35. The Morgan fingerprint density at radius 1 is 0.969 bits per heavy atom. The van der Waals surface area contributed by atoms with Gasteiger partial charge in [0.05, 0.1) is 25.0 Å². The highest BCUT2D eigenvalue weighted by Crippen LogP contribution is 2.39. The third-order valence-corrected chi connectivity index (χ3v) is 4.19. The van der Waals surface area contributed by atoms with Crippen molar-refractivity contribution < 1.29 is 45.4 Å². The zero-order valence-electron chi connectivity index (χ0n) is 16.7. The summed E-state index contributed by atoms with van der Waals surface area (Å²) in [6.45, 7) is 0.724. The number of rotatable bonds is 7. The van der Waals surface area contributed by atoms with Crippen molar-refractivity contribution in [2.75, 3.05) is 19.0 Å². The van der Waals surface area contributed by atoms with E-state index in [1.165, 1.54) is 37.3 Å². The molecule has 0 aliphatic rings. The molecule has 0 spiro atoms. The van der Waals surface area contributed by atoms with Crippen LogP contribution in [0.3, 0.4) is 0 Å². The Bertz CT molecular complexity index is 963. The van der Waals surface area contributed by atoms with Crippen molar-refractivity contribution in [1.82, 2.24) is 5.32 Å². The maximum absolute atomic E-state index is 14.2. The van der Waals surface area contributed by atoms with Crippen LogP contribution in [0.25, 0.3) is 0 Å². The minimum Gasteiger partial charge on any atom is -0.495 e. The maximum atomic E-state index is 14.2. The third kappa shape index (κ3) is 5.24. The number of methoxy groups -OCH3 is 1. The average Bonchev–Trinajstić information content (AvgIpc) is 2.72. The van der Waals surface area contributed by atoms with Crippen LogP contribution in [0.4, 0.5) is 32.0 Å². The fourth-order valence-corrected chi connectivity index (χ4v) is 2.65. The first-order chi connectivity index (χ1) is 14.9. The van der Waals surface area contributed by atoms with E-state index in [0.717, 1.165) is 13.2 Å². The maximum Gasteiger partial charge on any atom is 0.441 e. The lowest BCUT2D eigenvalue weighted by molar-refractivity contribution is -0.204. The number of carbonyl (C=O) groups excluding carboxylic acids is 2. The first-order valence-corrected chi connectivity index (χ1v) is 9.00. The highest BCUT2D eigenvalue weighted by molar-refractivity contribution is 5.99. The first kappa shape index (κ1) is 24.8. The Labute approximate surface area is 178 Å². The van der Waals surface area contributed by atoms with Crippen LogP contribution >= 0.6 is 0 Å². The second kappa shape index (κ2) is 9.37. The fourth-order valence-electron chi connectivity index (χ4n) is 2.65. The van der Waals surface area contributed by atoms with E-state index in [0.29, 0.717) is 12.1 Å². The van der Waals surface area contributed by atoms with Gasteiger partial charge in [-0.05, 0) is 37.3 Å². The molecule has 12 heteroatoms. The van der Waals surface area contributed by atoms with E-state index in [4.69, 9.17) is 4.74 Å². The van der Waals surface area contributed by atoms with Gasteiger partial charge in [-0.3, -0.25) is 4.79 Å². The largest absolute Gasteiger partial charge is 0.495 e. The Hall–Kier alpha value is -3.44. The SMILES string of the molecule is CCOC(=O)C(NC(=O)c1ccccc1)(Nc1cc(C(F)(F)F)ccc1OC)C(F)(F)F. The van der Waals surface area contributed by atoms with Crippen molar-refractivity contribution in [2.45, 2.75) is 24.9 Å². The van der Waals surface area contributed by atoms with E-state index in [9.17, 15) is 35.9 Å². The van der Waals surface area contributed by atoms with Gasteiger partial charge in [0.1, 0.15) is 5.75 Å². The van der Waals surface area contributed by atoms with Crippen LogP contribution in [0.2, 0.25) is 0 Å². The van der Waals surface area contributed by atoms with Crippen LogP contribution < -0.4 is 15.4 Å². The van der Waals surface area contributed by atoms with Crippen LogP contribution in [0.5, 0.6) is 5.75 Å². The van der Waals surface area contributed by atoms with Crippen LogP contribution in [-0.4, -0.2) is 37.4 Å². The minimum atomic E-state index is -5.54. The minimum absolute atomic E-state index is 0.233. The zero-order valence-corrected chi connectivity index (χ0v) is 16.7. The molecule has 174 valence electrons. The molecule has 1 amide bonds. The van der Waals surface area contributed by atoms with Gasteiger partial charge in [-0.25, -0.2) is 4.79 Å². The summed E-state index contributed by atoms with van der Waals surface area (Å²) in [6.07, 6.45) is -10.4. The molecule has 2 rings (SSSR count). The summed E-state index contributed by atoms with van der Waals surface area (Å²) in [5.41, 5.74) is -6.31. The van der Waals surface area contributed by atoms with Gasteiger partial charge in [-0.15, -0.1) is 0 Å². The summed E-state index contributed by atoms with van der Waals surface area (Å²) in [7, 11) is 1.01. The topological polar surface area (TPSA) is 76.7 Å². The first-order valence-electron chi connectivity index (χ1n) is 9.00. The molecule has 0 heterocycles. The van der Waals surface area contributed by atoms with Crippen molar-refractivity contribution in [2.24, 2.45) is 0 Å². The van der Waals surface area contributed by atoms with Gasteiger partial charge in [0.15, 0.2) is 0 Å². The van der Waals surface area contributed by atoms with Gasteiger partial charge >= 0.3 is 24.0 Å². The molecule has 0 radical (unpaired) electrons. The molecule has 2 N–H and O–H groups in total. The van der Waals surface area contributed by atoms with Gasteiger partial charge in [0, 0.05) is 5.56 Å². The van der Waals surface area contributed by atoms with Gasteiger partial charge in [-0.1, -0.05) is 18.2 Å². The standard InChI is InChI=1S/C20H18F6N2O4/c1-3-32-17(30)18(20(24,25)26,28-16(29)12-7-5-4-6-8-12)27-14-11-13(19(21,22)23)9-10-15(14)31-2/h4-11,27H,3H2,1-2H3,(H,28,29). The Morgan fingerprint density at radius 2 is 1.59 bits per heavy atom. The number of benzene rings is 2. The molecule has 6 nitrogen and oxygen atoms in total. The molecular formula is C20H18F6N2O4. The predicted molar refractivity (Wildman–Crippen MR) is 101 cm³/mol. The molecular weight excluding hydrogens is 446 g/mol. The molecule has 1 atom stereocenters. The van der Waals surface area contributed by atoms with Gasteiger partial charge in [-0.2, -0.15) is 26.3 Å². The third-order valence-electron chi connectivity index (χ3n) is 4.19. The number of ether oxygens (including phenoxy) is 2. The number of anilines is 1. The Morgan fingerprint density at radius 3 is 2.09 bits per heavy atom.